The van der Waals surface area contributed by atoms with Gasteiger partial charge in [0.25, 0.3) is 5.91 Å². The number of ether oxygens (including phenoxy) is 2. The summed E-state index contributed by atoms with van der Waals surface area (Å²) in [5.74, 6) is -3.78. The predicted molar refractivity (Wildman–Crippen MR) is 232 cm³/mol. The molecular formula is C46H70N4O9S. The SMILES string of the molecule is CC[C@H](C)[C@H](CC(=O)[C@H]1CCCCN1C)C(=O)N(COC(=O)CC(C)C)[C@H](CCC[C@@H](OC(C)=O)c1nc(C(=O)N[C@@H](Cc2ccccc2)C[C@H](C)C(=O)O)cs1)C(C)C. The van der Waals surface area contributed by atoms with E-state index in [1.807, 2.05) is 78.9 Å². The number of nitrogens with zero attached hydrogens (tertiary/aromatic N) is 3. The van der Waals surface area contributed by atoms with Crippen molar-refractivity contribution in [1.82, 2.24) is 20.1 Å². The zero-order valence-corrected chi connectivity index (χ0v) is 38.1. The number of carbonyl (C=O) groups is 6. The summed E-state index contributed by atoms with van der Waals surface area (Å²) in [7, 11) is 1.97. The summed E-state index contributed by atoms with van der Waals surface area (Å²) in [6.07, 6.45) is 5.05. The number of likely N-dealkylation sites (tertiary alicyclic amines) is 1. The van der Waals surface area contributed by atoms with E-state index in [1.54, 1.807) is 17.2 Å². The fraction of sp³-hybridized carbons (Fsp3) is 0.674. The van der Waals surface area contributed by atoms with Crippen molar-refractivity contribution >= 4 is 46.8 Å². The molecular weight excluding hydrogens is 785 g/mol. The summed E-state index contributed by atoms with van der Waals surface area (Å²) in [5.41, 5.74) is 1.09. The van der Waals surface area contributed by atoms with Crippen molar-refractivity contribution in [3.63, 3.8) is 0 Å². The Morgan fingerprint density at radius 2 is 1.70 bits per heavy atom. The molecule has 1 aromatic heterocycles. The van der Waals surface area contributed by atoms with E-state index in [2.05, 4.69) is 15.2 Å². The second kappa shape index (κ2) is 24.9. The van der Waals surface area contributed by atoms with Crippen molar-refractivity contribution in [1.29, 1.82) is 0 Å². The van der Waals surface area contributed by atoms with Crippen LogP contribution >= 0.6 is 11.3 Å². The van der Waals surface area contributed by atoms with Crippen LogP contribution in [0.4, 0.5) is 0 Å². The third-order valence-corrected chi connectivity index (χ3v) is 12.6. The third-order valence-electron chi connectivity index (χ3n) is 11.6. The van der Waals surface area contributed by atoms with Gasteiger partial charge in [0, 0.05) is 43.1 Å². The van der Waals surface area contributed by atoms with Crippen molar-refractivity contribution in [2.75, 3.05) is 20.3 Å². The summed E-state index contributed by atoms with van der Waals surface area (Å²) in [4.78, 5) is 87.3. The van der Waals surface area contributed by atoms with Crippen LogP contribution in [-0.2, 0) is 39.9 Å². The molecule has 0 spiro atoms. The lowest BCUT2D eigenvalue weighted by molar-refractivity contribution is -0.160. The van der Waals surface area contributed by atoms with Crippen molar-refractivity contribution in [3.05, 3.63) is 52.0 Å². The van der Waals surface area contributed by atoms with Gasteiger partial charge in [-0.25, -0.2) is 4.98 Å². The fourth-order valence-electron chi connectivity index (χ4n) is 7.93. The quantitative estimate of drug-likeness (QED) is 0.0735. The Kier molecular flexibility index (Phi) is 20.9. The smallest absolute Gasteiger partial charge is 0.307 e. The zero-order valence-electron chi connectivity index (χ0n) is 37.3. The van der Waals surface area contributed by atoms with Gasteiger partial charge in [-0.1, -0.05) is 91.6 Å². The molecule has 0 saturated carbocycles. The van der Waals surface area contributed by atoms with Crippen LogP contribution in [0.1, 0.15) is 147 Å². The molecule has 14 heteroatoms. The summed E-state index contributed by atoms with van der Waals surface area (Å²) in [6.45, 7) is 15.4. The van der Waals surface area contributed by atoms with Crippen molar-refractivity contribution in [3.8, 4) is 0 Å². The van der Waals surface area contributed by atoms with Crippen LogP contribution < -0.4 is 5.32 Å². The molecule has 2 N–H and O–H groups in total. The fourth-order valence-corrected chi connectivity index (χ4v) is 8.79. The van der Waals surface area contributed by atoms with Crippen molar-refractivity contribution in [2.45, 2.75) is 150 Å². The molecule has 7 atom stereocenters. The number of benzene rings is 1. The van der Waals surface area contributed by atoms with E-state index in [0.717, 1.165) is 31.4 Å². The molecule has 0 radical (unpaired) electrons. The van der Waals surface area contributed by atoms with E-state index in [4.69, 9.17) is 9.47 Å². The van der Waals surface area contributed by atoms with Crippen molar-refractivity contribution < 1.29 is 43.3 Å². The number of thiazole rings is 1. The summed E-state index contributed by atoms with van der Waals surface area (Å²) in [6, 6.07) is 8.48. The zero-order chi connectivity index (χ0) is 44.5. The number of ketones is 1. The number of rotatable bonds is 25. The Morgan fingerprint density at radius 3 is 2.30 bits per heavy atom. The highest BCUT2D eigenvalue weighted by atomic mass is 32.1. The van der Waals surface area contributed by atoms with Crippen LogP contribution in [0.2, 0.25) is 0 Å². The number of carboxylic acids is 1. The van der Waals surface area contributed by atoms with Crippen molar-refractivity contribution in [2.24, 2.45) is 29.6 Å². The number of Topliss-reactive ketones (excluding diaryl/α,β-unsaturated/α-hetero) is 1. The topological polar surface area (TPSA) is 173 Å². The molecule has 2 heterocycles. The second-order valence-electron chi connectivity index (χ2n) is 17.5. The monoisotopic (exact) mass is 854 g/mol. The van der Waals surface area contributed by atoms with Gasteiger partial charge in [0.2, 0.25) is 5.91 Å². The molecule has 334 valence electrons. The molecule has 2 aromatic rings. The van der Waals surface area contributed by atoms with Crippen LogP contribution in [-0.4, -0.2) is 93.8 Å². The van der Waals surface area contributed by atoms with Crippen LogP contribution in [0.3, 0.4) is 0 Å². The van der Waals surface area contributed by atoms with E-state index in [1.165, 1.54) is 18.3 Å². The largest absolute Gasteiger partial charge is 0.481 e. The number of carbonyl (C=O) groups excluding carboxylic acids is 5. The second-order valence-corrected chi connectivity index (χ2v) is 18.3. The highest BCUT2D eigenvalue weighted by Crippen LogP contribution is 2.32. The van der Waals surface area contributed by atoms with Gasteiger partial charge in [-0.2, -0.15) is 0 Å². The van der Waals surface area contributed by atoms with E-state index in [9.17, 15) is 33.9 Å². The molecule has 13 nitrogen and oxygen atoms in total. The van der Waals surface area contributed by atoms with Crippen LogP contribution in [0.15, 0.2) is 35.7 Å². The van der Waals surface area contributed by atoms with Crippen LogP contribution in [0.25, 0.3) is 0 Å². The third kappa shape index (κ3) is 16.0. The Hall–Kier alpha value is -4.17. The molecule has 0 unspecified atom stereocenters. The number of hydrogen-bond donors (Lipinski definition) is 2. The van der Waals surface area contributed by atoms with Gasteiger partial charge in [0.05, 0.1) is 12.0 Å². The average molecular weight is 855 g/mol. The molecule has 2 amide bonds. The first-order valence-corrected chi connectivity index (χ1v) is 22.7. The number of likely N-dealkylation sites (N-methyl/N-ethyl adjacent to an activating group) is 1. The molecule has 0 bridgehead atoms. The minimum atomic E-state index is -0.949. The number of carboxylic acid groups (broad SMARTS) is 1. The minimum Gasteiger partial charge on any atom is -0.481 e. The highest BCUT2D eigenvalue weighted by Gasteiger charge is 2.38. The summed E-state index contributed by atoms with van der Waals surface area (Å²) < 4.78 is 11.5. The first-order chi connectivity index (χ1) is 28.4. The number of esters is 2. The van der Waals surface area contributed by atoms with Gasteiger partial charge >= 0.3 is 17.9 Å². The maximum absolute atomic E-state index is 14.7. The number of piperidine rings is 1. The molecule has 3 rings (SSSR count). The first-order valence-electron chi connectivity index (χ1n) is 21.8. The number of aromatic nitrogens is 1. The van der Waals surface area contributed by atoms with Crippen LogP contribution in [0.5, 0.6) is 0 Å². The number of aliphatic carboxylic acids is 1. The van der Waals surface area contributed by atoms with Gasteiger partial charge < -0.3 is 24.8 Å². The maximum Gasteiger partial charge on any atom is 0.307 e. The number of hydrogen-bond acceptors (Lipinski definition) is 11. The lowest BCUT2D eigenvalue weighted by atomic mass is 9.82. The first kappa shape index (κ1) is 50.2. The number of amides is 2. The van der Waals surface area contributed by atoms with E-state index < -0.39 is 47.8 Å². The van der Waals surface area contributed by atoms with Crippen LogP contribution in [0, 0.1) is 29.6 Å². The maximum atomic E-state index is 14.7. The average Bonchev–Trinajstić information content (AvgIpc) is 3.69. The molecule has 1 aliphatic heterocycles. The minimum absolute atomic E-state index is 0.0504. The lowest BCUT2D eigenvalue weighted by Crippen LogP contribution is -2.50. The molecule has 0 aliphatic carbocycles. The Labute approximate surface area is 361 Å². The Bertz CT molecular complexity index is 1700. The summed E-state index contributed by atoms with van der Waals surface area (Å²) in [5, 5.41) is 14.6. The van der Waals surface area contributed by atoms with Gasteiger partial charge in [-0.3, -0.25) is 33.7 Å². The predicted octanol–water partition coefficient (Wildman–Crippen LogP) is 7.88. The molecule has 60 heavy (non-hydrogen) atoms. The molecule has 1 aromatic carbocycles. The van der Waals surface area contributed by atoms with Gasteiger partial charge in [-0.15, -0.1) is 11.3 Å². The normalized spacial score (nSPS) is 17.6. The molecule has 1 fully saturated rings. The van der Waals surface area contributed by atoms with Gasteiger partial charge in [0.1, 0.15) is 10.7 Å². The van der Waals surface area contributed by atoms with E-state index >= 15 is 0 Å². The number of nitrogens with one attached hydrogen (secondary N) is 1. The molecule has 1 aliphatic rings. The van der Waals surface area contributed by atoms with Gasteiger partial charge in [0.15, 0.2) is 18.6 Å². The molecule has 1 saturated heterocycles. The lowest BCUT2D eigenvalue weighted by Gasteiger charge is -2.38. The van der Waals surface area contributed by atoms with E-state index in [-0.39, 0.29) is 73.2 Å². The highest BCUT2D eigenvalue weighted by molar-refractivity contribution is 7.09. The standard InChI is InChI=1S/C46H70N4O9S/c1-10-31(6)36(26-40(52)39-19-14-15-22-49(39)9)45(55)50(28-58-42(53)23-29(2)3)38(30(4)5)20-16-21-41(59-33(8)51)44-48-37(27-60-44)43(54)47-35(24-32(7)46(56)57)25-34-17-12-11-13-18-34/h11-13,17-18,27,29-32,35-36,38-39,41H,10,14-16,19-26,28H2,1-9H3,(H,47,54)(H,56,57)/t31-,32-,35+,36-,38+,39+,41+/m0/s1. The summed E-state index contributed by atoms with van der Waals surface area (Å²) >= 11 is 1.20. The van der Waals surface area contributed by atoms with E-state index in [0.29, 0.717) is 37.1 Å². The Morgan fingerprint density at radius 1 is 1.00 bits per heavy atom. The van der Waals surface area contributed by atoms with Gasteiger partial charge in [-0.05, 0) is 81.9 Å². The Balaban J connectivity index is 1.83.